The van der Waals surface area contributed by atoms with Gasteiger partial charge < -0.3 is 9.32 Å². The molecule has 0 amide bonds. The number of hydrogen-bond acceptors (Lipinski definition) is 2. The van der Waals surface area contributed by atoms with E-state index in [1.165, 1.54) is 4.90 Å². The molecular formula is C54H35NO. The van der Waals surface area contributed by atoms with Gasteiger partial charge in [0.15, 0.2) is 0 Å². The number of fused-ring (bicyclic) bond motifs is 7. The molecule has 0 saturated heterocycles. The zero-order valence-electron chi connectivity index (χ0n) is 37.9. The molecule has 2 heteroatoms. The molecule has 1 heterocycles. The lowest BCUT2D eigenvalue weighted by atomic mass is 9.95. The molecule has 0 spiro atoms. The van der Waals surface area contributed by atoms with Crippen molar-refractivity contribution < 1.29 is 15.4 Å². The van der Waals surface area contributed by atoms with Crippen LogP contribution in [0, 0.1) is 0 Å². The van der Waals surface area contributed by atoms with Crippen LogP contribution in [0.4, 0.5) is 17.1 Å². The van der Waals surface area contributed by atoms with Gasteiger partial charge in [-0.1, -0.05) is 158 Å². The largest absolute Gasteiger partial charge is 0.456 e. The Hall–Kier alpha value is -7.42. The van der Waals surface area contributed by atoms with Crippen LogP contribution in [0.25, 0.3) is 87.6 Å². The first-order valence-electron chi connectivity index (χ1n) is 22.5. The third kappa shape index (κ3) is 5.42. The Morgan fingerprint density at radius 2 is 0.964 bits per heavy atom. The summed E-state index contributed by atoms with van der Waals surface area (Å²) in [4.78, 5) is 1.39. The maximum Gasteiger partial charge on any atom is 0.136 e. The summed E-state index contributed by atoms with van der Waals surface area (Å²) in [6, 6.07) is 48.7. The molecular weight excluding hydrogens is 679 g/mol. The Bertz CT molecular complexity index is 3670. The van der Waals surface area contributed by atoms with Gasteiger partial charge in [-0.3, -0.25) is 0 Å². The van der Waals surface area contributed by atoms with Crippen molar-refractivity contribution in [3.05, 3.63) is 212 Å². The van der Waals surface area contributed by atoms with E-state index in [1.807, 2.05) is 121 Å². The van der Waals surface area contributed by atoms with Gasteiger partial charge in [0, 0.05) is 27.7 Å². The van der Waals surface area contributed by atoms with Crippen molar-refractivity contribution in [2.75, 3.05) is 4.90 Å². The van der Waals surface area contributed by atoms with E-state index in [9.17, 15) is 11.0 Å². The summed E-state index contributed by atoms with van der Waals surface area (Å²) < 4.78 is 83.0. The predicted molar refractivity (Wildman–Crippen MR) is 237 cm³/mol. The van der Waals surface area contributed by atoms with E-state index in [2.05, 4.69) is 6.07 Å². The Morgan fingerprint density at radius 1 is 0.357 bits per heavy atom. The minimum absolute atomic E-state index is 0.0999. The highest BCUT2D eigenvalue weighted by Crippen LogP contribution is 2.46. The molecule has 0 fully saturated rings. The van der Waals surface area contributed by atoms with E-state index < -0.39 is 24.2 Å². The van der Waals surface area contributed by atoms with Crippen LogP contribution in [0.15, 0.2) is 217 Å². The van der Waals surface area contributed by atoms with Gasteiger partial charge in [0.2, 0.25) is 0 Å². The van der Waals surface area contributed by atoms with E-state index >= 15 is 0 Å². The van der Waals surface area contributed by atoms with Crippen LogP contribution in [0.5, 0.6) is 0 Å². The normalized spacial score (nSPS) is 13.6. The van der Waals surface area contributed by atoms with Crippen LogP contribution in [-0.4, -0.2) is 0 Å². The van der Waals surface area contributed by atoms with Crippen LogP contribution in [-0.2, 0) is 0 Å². The molecule has 0 N–H and O–H groups in total. The fraction of sp³-hybridized carbons (Fsp3) is 0. The lowest BCUT2D eigenvalue weighted by Crippen LogP contribution is -2.11. The van der Waals surface area contributed by atoms with E-state index in [0.717, 1.165) is 48.7 Å². The maximum atomic E-state index is 9.75. The monoisotopic (exact) mass is 721 g/mol. The highest BCUT2D eigenvalue weighted by Gasteiger charge is 2.21. The molecule has 0 aliphatic heterocycles. The van der Waals surface area contributed by atoms with E-state index in [4.69, 9.17) is 4.42 Å². The smallest absolute Gasteiger partial charge is 0.136 e. The van der Waals surface area contributed by atoms with Crippen molar-refractivity contribution >= 4 is 71.3 Å². The highest BCUT2D eigenvalue weighted by molar-refractivity contribution is 6.16. The summed E-state index contributed by atoms with van der Waals surface area (Å²) in [5, 5.41) is 7.71. The van der Waals surface area contributed by atoms with E-state index in [-0.39, 0.29) is 46.7 Å². The van der Waals surface area contributed by atoms with E-state index in [0.29, 0.717) is 33.5 Å². The van der Waals surface area contributed by atoms with Gasteiger partial charge >= 0.3 is 0 Å². The standard InChI is InChI=1S/C54H35NO/c1-2-11-36(12-3-1)37-23-28-44(29-24-37)55(45-30-25-38(26-31-45)42-27-32-47-43(33-42)22-21-39-13-6-7-16-46(39)47)51-19-9-8-17-48(51)49-18-10-20-52-54(49)50-34-40-14-4-5-15-41(40)35-53(50)56-52/h1-35H/i23D,24D,25D,26D,28D,29D,30D,31D. The number of para-hydroxylation sites is 1. The number of benzene rings is 10. The van der Waals surface area contributed by atoms with Gasteiger partial charge in [0.05, 0.1) is 16.7 Å². The second-order valence-corrected chi connectivity index (χ2v) is 13.9. The summed E-state index contributed by atoms with van der Waals surface area (Å²) in [6.45, 7) is 0. The van der Waals surface area contributed by atoms with Gasteiger partial charge in [0.25, 0.3) is 0 Å². The zero-order chi connectivity index (χ0) is 44.0. The average molecular weight is 722 g/mol. The third-order valence-corrected chi connectivity index (χ3v) is 10.6. The van der Waals surface area contributed by atoms with Gasteiger partial charge in [-0.15, -0.1) is 0 Å². The molecule has 0 aliphatic rings. The van der Waals surface area contributed by atoms with Crippen molar-refractivity contribution in [1.29, 1.82) is 0 Å². The minimum Gasteiger partial charge on any atom is -0.456 e. The van der Waals surface area contributed by atoms with Gasteiger partial charge in [-0.25, -0.2) is 0 Å². The molecule has 11 aromatic rings. The SMILES string of the molecule is [2H]c1c([2H])c(N(c2ccccc2-c2cccc3oc4cc5ccccc5cc4c23)c2c([2H])c([2H])c(-c3ccc4c(ccc5ccccc54)c3)c([2H])c2[2H])c([2H])c([2H])c1-c1ccccc1. The van der Waals surface area contributed by atoms with Gasteiger partial charge in [-0.05, 0) is 115 Å². The predicted octanol–water partition coefficient (Wildman–Crippen LogP) is 15.5. The van der Waals surface area contributed by atoms with Crippen LogP contribution in [0.2, 0.25) is 0 Å². The molecule has 0 unspecified atom stereocenters. The molecule has 1 aromatic heterocycles. The molecule has 0 atom stereocenters. The second kappa shape index (κ2) is 13.2. The molecule has 10 aromatic carbocycles. The Kier molecular flexibility index (Phi) is 5.83. The minimum atomic E-state index is -0.410. The Morgan fingerprint density at radius 3 is 1.75 bits per heavy atom. The fourth-order valence-corrected chi connectivity index (χ4v) is 7.88. The average Bonchev–Trinajstić information content (AvgIpc) is 3.69. The first-order valence-corrected chi connectivity index (χ1v) is 18.5. The number of nitrogens with zero attached hydrogens (tertiary/aromatic N) is 1. The summed E-state index contributed by atoms with van der Waals surface area (Å²) >= 11 is 0. The number of hydrogen-bond donors (Lipinski definition) is 0. The fourth-order valence-electron chi connectivity index (χ4n) is 7.88. The van der Waals surface area contributed by atoms with Gasteiger partial charge in [-0.2, -0.15) is 0 Å². The number of rotatable bonds is 6. The molecule has 262 valence electrons. The Labute approximate surface area is 336 Å². The summed E-state index contributed by atoms with van der Waals surface area (Å²) in [5.74, 6) is 0. The summed E-state index contributed by atoms with van der Waals surface area (Å²) in [7, 11) is 0. The lowest BCUT2D eigenvalue weighted by Gasteiger charge is -2.28. The van der Waals surface area contributed by atoms with Crippen molar-refractivity contribution in [3.63, 3.8) is 0 Å². The van der Waals surface area contributed by atoms with Crippen LogP contribution in [0.3, 0.4) is 0 Å². The molecule has 0 bridgehead atoms. The molecule has 0 saturated carbocycles. The van der Waals surface area contributed by atoms with E-state index in [1.54, 1.807) is 36.4 Å². The summed E-state index contributed by atoms with van der Waals surface area (Å²) in [5.41, 5.74) is 3.70. The van der Waals surface area contributed by atoms with Gasteiger partial charge in [0.1, 0.15) is 11.2 Å². The first-order chi connectivity index (χ1) is 31.1. The van der Waals surface area contributed by atoms with Crippen molar-refractivity contribution in [2.45, 2.75) is 0 Å². The van der Waals surface area contributed by atoms with Crippen LogP contribution in [0.1, 0.15) is 11.0 Å². The third-order valence-electron chi connectivity index (χ3n) is 10.6. The zero-order valence-corrected chi connectivity index (χ0v) is 29.9. The molecule has 0 aliphatic carbocycles. The van der Waals surface area contributed by atoms with Crippen molar-refractivity contribution in [2.24, 2.45) is 0 Å². The number of furan rings is 1. The molecule has 56 heavy (non-hydrogen) atoms. The lowest BCUT2D eigenvalue weighted by molar-refractivity contribution is 0.669. The summed E-state index contributed by atoms with van der Waals surface area (Å²) in [6.07, 6.45) is 0. The topological polar surface area (TPSA) is 16.4 Å². The first kappa shape index (κ1) is 24.8. The van der Waals surface area contributed by atoms with Crippen LogP contribution < -0.4 is 4.90 Å². The number of anilines is 3. The second-order valence-electron chi connectivity index (χ2n) is 13.9. The molecule has 2 nitrogen and oxygen atoms in total. The van der Waals surface area contributed by atoms with Crippen molar-refractivity contribution in [1.82, 2.24) is 0 Å². The highest BCUT2D eigenvalue weighted by atomic mass is 16.3. The molecule has 0 radical (unpaired) electrons. The van der Waals surface area contributed by atoms with Crippen LogP contribution >= 0.6 is 0 Å². The quantitative estimate of drug-likeness (QED) is 0.159. The Balaban J connectivity index is 1.19. The molecule has 11 rings (SSSR count). The van der Waals surface area contributed by atoms with Crippen molar-refractivity contribution in [3.8, 4) is 33.4 Å². The maximum absolute atomic E-state index is 9.75.